The van der Waals surface area contributed by atoms with E-state index in [-0.39, 0.29) is 6.04 Å². The van der Waals surface area contributed by atoms with Crippen molar-refractivity contribution in [1.82, 2.24) is 15.0 Å². The van der Waals surface area contributed by atoms with E-state index in [2.05, 4.69) is 28.9 Å². The lowest BCUT2D eigenvalue weighted by atomic mass is 10.1. The zero-order valence-corrected chi connectivity index (χ0v) is 10.3. The maximum atomic E-state index is 5.57. The van der Waals surface area contributed by atoms with Gasteiger partial charge in [-0.05, 0) is 24.4 Å². The van der Waals surface area contributed by atoms with Crippen LogP contribution in [0.15, 0.2) is 0 Å². The molecule has 15 heavy (non-hydrogen) atoms. The van der Waals surface area contributed by atoms with E-state index in [1.165, 1.54) is 35.7 Å². The van der Waals surface area contributed by atoms with E-state index in [0.717, 1.165) is 18.5 Å². The second kappa shape index (κ2) is 6.87. The van der Waals surface area contributed by atoms with Crippen LogP contribution < -0.4 is 11.3 Å². The number of unbranched alkanes of at least 4 members (excludes halogenated alkanes) is 2. The highest BCUT2D eigenvalue weighted by atomic mass is 32.1. The third-order valence-electron chi connectivity index (χ3n) is 2.53. The van der Waals surface area contributed by atoms with Gasteiger partial charge in [0.15, 0.2) is 0 Å². The molecule has 1 unspecified atom stereocenters. The van der Waals surface area contributed by atoms with Crippen LogP contribution in [-0.4, -0.2) is 9.59 Å². The number of hydrogen-bond donors (Lipinski definition) is 2. The highest BCUT2D eigenvalue weighted by Gasteiger charge is 2.16. The molecule has 1 rings (SSSR count). The Labute approximate surface area is 95.4 Å². The number of aromatic nitrogens is 2. The van der Waals surface area contributed by atoms with E-state index in [1.54, 1.807) is 0 Å². The number of nitrogens with two attached hydrogens (primary N) is 1. The van der Waals surface area contributed by atoms with Crippen LogP contribution in [0.2, 0.25) is 0 Å². The van der Waals surface area contributed by atoms with Gasteiger partial charge in [0, 0.05) is 0 Å². The molecule has 0 aliphatic heterocycles. The maximum Gasteiger partial charge on any atom is 0.0801 e. The summed E-state index contributed by atoms with van der Waals surface area (Å²) < 4.78 is 3.99. The number of rotatable bonds is 7. The Hall–Kier alpha value is -0.520. The summed E-state index contributed by atoms with van der Waals surface area (Å²) >= 11 is 1.46. The summed E-state index contributed by atoms with van der Waals surface area (Å²) in [5, 5.41) is 4.10. The van der Waals surface area contributed by atoms with Crippen LogP contribution in [0.25, 0.3) is 0 Å². The molecule has 1 atom stereocenters. The summed E-state index contributed by atoms with van der Waals surface area (Å²) in [6.07, 6.45) is 5.69. The Morgan fingerprint density at radius 3 is 2.80 bits per heavy atom. The van der Waals surface area contributed by atoms with Gasteiger partial charge in [0.2, 0.25) is 0 Å². The van der Waals surface area contributed by atoms with Gasteiger partial charge in [0.05, 0.1) is 16.6 Å². The third kappa shape index (κ3) is 3.52. The zero-order chi connectivity index (χ0) is 11.1. The van der Waals surface area contributed by atoms with Gasteiger partial charge in [-0.3, -0.25) is 11.3 Å². The van der Waals surface area contributed by atoms with Crippen LogP contribution in [0, 0.1) is 0 Å². The van der Waals surface area contributed by atoms with Crippen LogP contribution in [-0.2, 0) is 6.42 Å². The minimum absolute atomic E-state index is 0.228. The molecule has 86 valence electrons. The molecule has 0 fully saturated rings. The zero-order valence-electron chi connectivity index (χ0n) is 9.49. The molecule has 0 radical (unpaired) electrons. The van der Waals surface area contributed by atoms with Gasteiger partial charge in [-0.1, -0.05) is 37.6 Å². The summed E-state index contributed by atoms with van der Waals surface area (Å²) in [6, 6.07) is 0.228. The topological polar surface area (TPSA) is 63.8 Å². The van der Waals surface area contributed by atoms with Crippen molar-refractivity contribution < 1.29 is 0 Å². The lowest BCUT2D eigenvalue weighted by Crippen LogP contribution is -2.28. The number of nitrogens with zero attached hydrogens (tertiary/aromatic N) is 2. The Balaban J connectivity index is 2.57. The second-order valence-electron chi connectivity index (χ2n) is 3.65. The first-order valence-electron chi connectivity index (χ1n) is 5.60. The highest BCUT2D eigenvalue weighted by molar-refractivity contribution is 7.05. The molecular weight excluding hydrogens is 208 g/mol. The quantitative estimate of drug-likeness (QED) is 0.426. The molecule has 0 saturated carbocycles. The lowest BCUT2D eigenvalue weighted by molar-refractivity contribution is 0.490. The molecule has 0 bridgehead atoms. The Kier molecular flexibility index (Phi) is 5.75. The molecule has 0 aliphatic carbocycles. The van der Waals surface area contributed by atoms with E-state index >= 15 is 0 Å². The fraction of sp³-hybridized carbons (Fsp3) is 0.800. The first kappa shape index (κ1) is 12.5. The van der Waals surface area contributed by atoms with Crippen LogP contribution >= 0.6 is 11.5 Å². The number of nitrogens with one attached hydrogen (secondary N) is 1. The lowest BCUT2D eigenvalue weighted by Gasteiger charge is -2.14. The van der Waals surface area contributed by atoms with Crippen molar-refractivity contribution in [2.24, 2.45) is 5.84 Å². The van der Waals surface area contributed by atoms with Crippen molar-refractivity contribution in [3.8, 4) is 0 Å². The minimum atomic E-state index is 0.228. The molecule has 0 amide bonds. The van der Waals surface area contributed by atoms with Gasteiger partial charge in [0.25, 0.3) is 0 Å². The average Bonchev–Trinajstić information content (AvgIpc) is 2.72. The van der Waals surface area contributed by atoms with Gasteiger partial charge in [0.1, 0.15) is 0 Å². The monoisotopic (exact) mass is 228 g/mol. The molecule has 0 spiro atoms. The summed E-state index contributed by atoms with van der Waals surface area (Å²) in [5.41, 5.74) is 3.95. The van der Waals surface area contributed by atoms with Crippen molar-refractivity contribution in [3.63, 3.8) is 0 Å². The predicted molar refractivity (Wildman–Crippen MR) is 63.5 cm³/mol. The summed E-state index contributed by atoms with van der Waals surface area (Å²) in [7, 11) is 0. The largest absolute Gasteiger partial charge is 0.271 e. The maximum absolute atomic E-state index is 5.57. The molecule has 1 aromatic rings. The van der Waals surface area contributed by atoms with Crippen molar-refractivity contribution >= 4 is 11.5 Å². The summed E-state index contributed by atoms with van der Waals surface area (Å²) in [5.74, 6) is 5.57. The standard InChI is InChI=1S/C10H20N4S/c1-3-5-6-7-9(12-11)10-8(4-2)13-14-15-10/h9,12H,3-7,11H2,1-2H3. The molecule has 3 N–H and O–H groups in total. The van der Waals surface area contributed by atoms with Crippen molar-refractivity contribution in [2.75, 3.05) is 0 Å². The van der Waals surface area contributed by atoms with Gasteiger partial charge >= 0.3 is 0 Å². The fourth-order valence-corrected chi connectivity index (χ4v) is 2.44. The van der Waals surface area contributed by atoms with Crippen LogP contribution in [0.3, 0.4) is 0 Å². The van der Waals surface area contributed by atoms with Crippen LogP contribution in [0.5, 0.6) is 0 Å². The van der Waals surface area contributed by atoms with E-state index < -0.39 is 0 Å². The van der Waals surface area contributed by atoms with Crippen molar-refractivity contribution in [1.29, 1.82) is 0 Å². The van der Waals surface area contributed by atoms with Crippen LogP contribution in [0.1, 0.15) is 56.1 Å². The molecule has 0 aliphatic rings. The first-order valence-corrected chi connectivity index (χ1v) is 6.38. The SMILES string of the molecule is CCCCCC(NN)c1snnc1CC. The number of hydrazine groups is 1. The minimum Gasteiger partial charge on any atom is -0.271 e. The Morgan fingerprint density at radius 1 is 1.40 bits per heavy atom. The normalized spacial score (nSPS) is 13.0. The van der Waals surface area contributed by atoms with Crippen molar-refractivity contribution in [2.45, 2.75) is 52.0 Å². The van der Waals surface area contributed by atoms with Crippen molar-refractivity contribution in [3.05, 3.63) is 10.6 Å². The van der Waals surface area contributed by atoms with Gasteiger partial charge < -0.3 is 0 Å². The van der Waals surface area contributed by atoms with E-state index in [0.29, 0.717) is 0 Å². The smallest absolute Gasteiger partial charge is 0.0801 e. The van der Waals surface area contributed by atoms with Crippen LogP contribution in [0.4, 0.5) is 0 Å². The van der Waals surface area contributed by atoms with E-state index in [4.69, 9.17) is 5.84 Å². The summed E-state index contributed by atoms with van der Waals surface area (Å²) in [6.45, 7) is 4.30. The van der Waals surface area contributed by atoms with E-state index in [1.807, 2.05) is 0 Å². The molecule has 0 aromatic carbocycles. The van der Waals surface area contributed by atoms with E-state index in [9.17, 15) is 0 Å². The Morgan fingerprint density at radius 2 is 2.20 bits per heavy atom. The molecule has 4 nitrogen and oxygen atoms in total. The molecule has 5 heteroatoms. The molecule has 1 aromatic heterocycles. The highest BCUT2D eigenvalue weighted by Crippen LogP contribution is 2.24. The van der Waals surface area contributed by atoms with Gasteiger partial charge in [-0.2, -0.15) is 0 Å². The number of hydrogen-bond acceptors (Lipinski definition) is 5. The summed E-state index contributed by atoms with van der Waals surface area (Å²) in [4.78, 5) is 1.20. The predicted octanol–water partition coefficient (Wildman–Crippen LogP) is 2.19. The fourth-order valence-electron chi connectivity index (χ4n) is 1.61. The Bertz CT molecular complexity index is 274. The molecular formula is C10H20N4S. The third-order valence-corrected chi connectivity index (χ3v) is 3.41. The number of aryl methyl sites for hydroxylation is 1. The average molecular weight is 228 g/mol. The molecule has 1 heterocycles. The van der Waals surface area contributed by atoms with Gasteiger partial charge in [-0.25, -0.2) is 0 Å². The molecule has 0 saturated heterocycles. The second-order valence-corrected chi connectivity index (χ2v) is 4.44. The first-order chi connectivity index (χ1) is 7.33. The van der Waals surface area contributed by atoms with Gasteiger partial charge in [-0.15, -0.1) is 5.10 Å².